The molecule has 59 heavy (non-hydrogen) atoms. The van der Waals surface area contributed by atoms with Gasteiger partial charge in [-0.3, -0.25) is 9.59 Å². The number of hydrogen-bond acceptors (Lipinski definition) is 2. The number of carbonyl (C=O) groups is 2. The number of aromatic nitrogens is 2. The van der Waals surface area contributed by atoms with Crippen molar-refractivity contribution in [3.63, 3.8) is 0 Å². The highest BCUT2D eigenvalue weighted by Crippen LogP contribution is 2.33. The smallest absolute Gasteiger partial charge is 0.252 e. The zero-order valence-corrected chi connectivity index (χ0v) is 36.0. The Kier molecular flexibility index (Phi) is 15.7. The predicted molar refractivity (Wildman–Crippen MR) is 252 cm³/mol. The van der Waals surface area contributed by atoms with Crippen LogP contribution in [0.25, 0.3) is 43.6 Å². The molecule has 0 bridgehead atoms. The molecule has 8 rings (SSSR count). The summed E-state index contributed by atoms with van der Waals surface area (Å²) in [5.41, 5.74) is 7.29. The van der Waals surface area contributed by atoms with Crippen molar-refractivity contribution in [1.29, 1.82) is 0 Å². The van der Waals surface area contributed by atoms with Gasteiger partial charge in [-0.25, -0.2) is 0 Å². The molecule has 2 heterocycles. The average molecular weight is 804 g/mol. The quantitative estimate of drug-likeness (QED) is 0.0765. The number of rotatable bonds is 15. The highest BCUT2D eigenvalue weighted by molar-refractivity contribution is 6.67. The van der Waals surface area contributed by atoms with Crippen LogP contribution in [0.15, 0.2) is 152 Å². The summed E-state index contributed by atoms with van der Waals surface area (Å²) in [6.07, 6.45) is 10.2. The van der Waals surface area contributed by atoms with E-state index in [2.05, 4.69) is 122 Å². The lowest BCUT2D eigenvalue weighted by Crippen LogP contribution is -2.10. The van der Waals surface area contributed by atoms with Gasteiger partial charge < -0.3 is 9.13 Å². The third-order valence-electron chi connectivity index (χ3n) is 11.7. The lowest BCUT2D eigenvalue weighted by molar-refractivity contribution is 0.103. The van der Waals surface area contributed by atoms with Crippen LogP contribution in [0.1, 0.15) is 105 Å². The van der Waals surface area contributed by atoms with Gasteiger partial charge in [0.2, 0.25) is 0 Å². The lowest BCUT2D eigenvalue weighted by Gasteiger charge is -2.17. The van der Waals surface area contributed by atoms with E-state index < -0.39 is 5.24 Å². The van der Waals surface area contributed by atoms with Crippen LogP contribution in [0, 0.1) is 11.8 Å². The standard InChI is InChI=1S/C27H29NO.C20H25N.C7H5ClO/c1-3-5-11-20(4-2)19-28-25-15-10-9-14-23(25)24-18-22(16-17-26(24)28)27(29)21-12-7-6-8-13-21;1-3-5-10-16(4-2)15-21-19-13-8-6-11-17(19)18-12-7-9-14-20(18)21;8-7(9)6-4-2-1-3-5-6/h6-10,12-18,20H,3-5,11,19H2,1-2H3;6-9,11-14,16H,3-5,10,15H2,1-2H3;1-5H. The number of para-hydroxylation sites is 3. The third-order valence-corrected chi connectivity index (χ3v) is 11.9. The first-order valence-electron chi connectivity index (χ1n) is 21.7. The van der Waals surface area contributed by atoms with Gasteiger partial charge in [0.05, 0.1) is 0 Å². The monoisotopic (exact) mass is 802 g/mol. The minimum Gasteiger partial charge on any atom is -0.340 e. The molecule has 2 aromatic heterocycles. The molecule has 0 aliphatic carbocycles. The van der Waals surface area contributed by atoms with Gasteiger partial charge in [0, 0.05) is 73.4 Å². The molecule has 5 heteroatoms. The summed E-state index contributed by atoms with van der Waals surface area (Å²) in [4.78, 5) is 23.4. The van der Waals surface area contributed by atoms with E-state index in [9.17, 15) is 9.59 Å². The normalized spacial score (nSPS) is 12.2. The fourth-order valence-electron chi connectivity index (χ4n) is 8.27. The number of nitrogens with zero attached hydrogens (tertiary/aromatic N) is 2. The highest BCUT2D eigenvalue weighted by Gasteiger charge is 2.17. The van der Waals surface area contributed by atoms with Crippen LogP contribution in [0.5, 0.6) is 0 Å². The number of fused-ring (bicyclic) bond motifs is 6. The van der Waals surface area contributed by atoms with Gasteiger partial charge in [-0.2, -0.15) is 0 Å². The zero-order chi connectivity index (χ0) is 41.6. The minimum absolute atomic E-state index is 0.0821. The molecular formula is C54H59ClN2O2. The van der Waals surface area contributed by atoms with Crippen molar-refractivity contribution < 1.29 is 9.59 Å². The maximum atomic E-state index is 13.0. The molecule has 0 spiro atoms. The number of hydrogen-bond donors (Lipinski definition) is 0. The number of benzene rings is 6. The van der Waals surface area contributed by atoms with Crippen LogP contribution in [-0.4, -0.2) is 20.2 Å². The van der Waals surface area contributed by atoms with Crippen molar-refractivity contribution in [2.45, 2.75) is 92.2 Å². The van der Waals surface area contributed by atoms with Crippen molar-refractivity contribution in [3.8, 4) is 0 Å². The predicted octanol–water partition coefficient (Wildman–Crippen LogP) is 15.3. The summed E-state index contributed by atoms with van der Waals surface area (Å²) in [5.74, 6) is 1.54. The first-order valence-corrected chi connectivity index (χ1v) is 22.1. The Morgan fingerprint density at radius 2 is 0.847 bits per heavy atom. The van der Waals surface area contributed by atoms with Crippen LogP contribution in [0.2, 0.25) is 0 Å². The summed E-state index contributed by atoms with van der Waals surface area (Å²) in [7, 11) is 0. The molecule has 8 aromatic rings. The second-order valence-electron chi connectivity index (χ2n) is 15.7. The fraction of sp³-hybridized carbons (Fsp3) is 0.296. The maximum Gasteiger partial charge on any atom is 0.252 e. The van der Waals surface area contributed by atoms with Crippen LogP contribution in [-0.2, 0) is 13.1 Å². The van der Waals surface area contributed by atoms with E-state index in [1.165, 1.54) is 95.0 Å². The Hall–Kier alpha value is -5.45. The highest BCUT2D eigenvalue weighted by atomic mass is 35.5. The molecular weight excluding hydrogens is 744 g/mol. The van der Waals surface area contributed by atoms with Crippen molar-refractivity contribution in [3.05, 3.63) is 168 Å². The topological polar surface area (TPSA) is 44.0 Å². The molecule has 0 saturated heterocycles. The minimum atomic E-state index is -0.407. The van der Waals surface area contributed by atoms with Gasteiger partial charge in [-0.15, -0.1) is 0 Å². The number of halogens is 1. The summed E-state index contributed by atoms with van der Waals surface area (Å²) in [6.45, 7) is 11.3. The molecule has 0 saturated carbocycles. The Bertz CT molecular complexity index is 2520. The first-order chi connectivity index (χ1) is 28.9. The Labute approximate surface area is 355 Å². The first kappa shape index (κ1) is 43.1. The van der Waals surface area contributed by atoms with Gasteiger partial charge in [0.1, 0.15) is 0 Å². The summed E-state index contributed by atoms with van der Waals surface area (Å²) >= 11 is 5.16. The van der Waals surface area contributed by atoms with Gasteiger partial charge in [-0.05, 0) is 72.7 Å². The largest absolute Gasteiger partial charge is 0.340 e. The Morgan fingerprint density at radius 3 is 1.25 bits per heavy atom. The molecule has 0 radical (unpaired) electrons. The lowest BCUT2D eigenvalue weighted by atomic mass is 9.99. The fourth-order valence-corrected chi connectivity index (χ4v) is 8.39. The van der Waals surface area contributed by atoms with E-state index in [-0.39, 0.29) is 5.78 Å². The third kappa shape index (κ3) is 10.6. The summed E-state index contributed by atoms with van der Waals surface area (Å²) in [6, 6.07) is 50.7. The van der Waals surface area contributed by atoms with Crippen molar-refractivity contribution >= 4 is 66.2 Å². The average Bonchev–Trinajstić information content (AvgIpc) is 3.78. The molecule has 0 aliphatic rings. The van der Waals surface area contributed by atoms with E-state index in [4.69, 9.17) is 11.6 Å². The SMILES string of the molecule is CCCCC(CC)Cn1c2ccccc2c2cc(C(=O)c3ccccc3)ccc21.CCCCC(CC)Cn1c2ccccc2c2ccccc21.O=C(Cl)c1ccccc1. The molecule has 2 atom stereocenters. The zero-order valence-electron chi connectivity index (χ0n) is 35.2. The molecule has 0 fully saturated rings. The Balaban J connectivity index is 0.000000169. The van der Waals surface area contributed by atoms with E-state index >= 15 is 0 Å². The van der Waals surface area contributed by atoms with Gasteiger partial charge in [-0.1, -0.05) is 181 Å². The Morgan fingerprint density at radius 1 is 0.458 bits per heavy atom. The summed E-state index contributed by atoms with van der Waals surface area (Å²) in [5, 5.41) is 4.77. The molecule has 4 nitrogen and oxygen atoms in total. The van der Waals surface area contributed by atoms with E-state index in [0.29, 0.717) is 11.5 Å². The van der Waals surface area contributed by atoms with Crippen LogP contribution in [0.4, 0.5) is 0 Å². The van der Waals surface area contributed by atoms with E-state index in [1.807, 2.05) is 42.5 Å². The van der Waals surface area contributed by atoms with Crippen molar-refractivity contribution in [2.24, 2.45) is 11.8 Å². The van der Waals surface area contributed by atoms with Crippen LogP contribution in [0.3, 0.4) is 0 Å². The maximum absolute atomic E-state index is 13.0. The van der Waals surface area contributed by atoms with E-state index in [1.54, 1.807) is 24.3 Å². The molecule has 304 valence electrons. The molecule has 0 aliphatic heterocycles. The number of ketones is 1. The van der Waals surface area contributed by atoms with Gasteiger partial charge in [0.15, 0.2) is 5.78 Å². The van der Waals surface area contributed by atoms with E-state index in [0.717, 1.165) is 30.1 Å². The molecule has 0 amide bonds. The second-order valence-corrected chi connectivity index (χ2v) is 16.0. The van der Waals surface area contributed by atoms with Crippen molar-refractivity contribution in [1.82, 2.24) is 9.13 Å². The number of carbonyl (C=O) groups excluding carboxylic acids is 2. The number of unbranched alkanes of at least 4 members (excludes halogenated alkanes) is 2. The molecule has 2 unspecified atom stereocenters. The summed E-state index contributed by atoms with van der Waals surface area (Å²) < 4.78 is 5.00. The second kappa shape index (κ2) is 21.5. The van der Waals surface area contributed by atoms with Crippen LogP contribution >= 0.6 is 11.6 Å². The van der Waals surface area contributed by atoms with Crippen molar-refractivity contribution in [2.75, 3.05) is 0 Å². The van der Waals surface area contributed by atoms with Crippen LogP contribution < -0.4 is 0 Å². The van der Waals surface area contributed by atoms with Gasteiger partial charge >= 0.3 is 0 Å². The molecule has 0 N–H and O–H groups in total. The van der Waals surface area contributed by atoms with Gasteiger partial charge in [0.25, 0.3) is 5.24 Å². The molecule has 6 aromatic carbocycles.